The van der Waals surface area contributed by atoms with Gasteiger partial charge in [-0.25, -0.2) is 4.98 Å². The first-order valence-electron chi connectivity index (χ1n) is 7.34. The molecule has 0 fully saturated rings. The number of benzene rings is 2. The number of nitrogens with zero attached hydrogens (tertiary/aromatic N) is 4. The average molecular weight is 353 g/mol. The van der Waals surface area contributed by atoms with E-state index < -0.39 is 4.92 Å². The van der Waals surface area contributed by atoms with Crippen molar-refractivity contribution in [3.05, 3.63) is 64.5 Å². The van der Waals surface area contributed by atoms with Crippen molar-refractivity contribution >= 4 is 28.5 Å². The van der Waals surface area contributed by atoms with Crippen LogP contribution in [0, 0.1) is 10.1 Å². The third kappa shape index (κ3) is 3.22. The maximum atomic E-state index is 10.7. The standard InChI is InChI=1S/C16H11N5O3S/c22-21(23)11-7-5-10(6-8-11)15-19-20-16(24-15)25-9-14-17-12-3-1-2-4-13(12)18-14/h1-8H,9H2,(H,17,18). The van der Waals surface area contributed by atoms with Gasteiger partial charge in [-0.3, -0.25) is 10.1 Å². The van der Waals surface area contributed by atoms with Gasteiger partial charge in [0.15, 0.2) is 0 Å². The minimum absolute atomic E-state index is 0.0164. The Morgan fingerprint density at radius 2 is 1.92 bits per heavy atom. The van der Waals surface area contributed by atoms with Gasteiger partial charge in [-0.15, -0.1) is 10.2 Å². The van der Waals surface area contributed by atoms with Crippen LogP contribution >= 0.6 is 11.8 Å². The number of aromatic amines is 1. The number of imidazole rings is 1. The van der Waals surface area contributed by atoms with E-state index in [1.165, 1.54) is 23.9 Å². The van der Waals surface area contributed by atoms with E-state index >= 15 is 0 Å². The van der Waals surface area contributed by atoms with Crippen LogP contribution in [0.25, 0.3) is 22.5 Å². The predicted molar refractivity (Wildman–Crippen MR) is 92.0 cm³/mol. The van der Waals surface area contributed by atoms with Crippen molar-refractivity contribution in [1.29, 1.82) is 0 Å². The second-order valence-corrected chi connectivity index (χ2v) is 6.09. The summed E-state index contributed by atoms with van der Waals surface area (Å²) in [4.78, 5) is 18.0. The molecule has 2 aromatic heterocycles. The zero-order chi connectivity index (χ0) is 17.2. The molecule has 0 amide bonds. The molecule has 8 nitrogen and oxygen atoms in total. The second kappa shape index (κ2) is 6.36. The number of nitro benzene ring substituents is 1. The van der Waals surface area contributed by atoms with Crippen LogP contribution in [0.1, 0.15) is 5.82 Å². The van der Waals surface area contributed by atoms with E-state index in [1.54, 1.807) is 12.1 Å². The number of hydrogen-bond donors (Lipinski definition) is 1. The Hall–Kier alpha value is -3.20. The molecule has 4 aromatic rings. The summed E-state index contributed by atoms with van der Waals surface area (Å²) < 4.78 is 5.60. The Balaban J connectivity index is 1.46. The van der Waals surface area contributed by atoms with Crippen molar-refractivity contribution in [3.8, 4) is 11.5 Å². The molecule has 0 radical (unpaired) electrons. The normalized spacial score (nSPS) is 11.0. The summed E-state index contributed by atoms with van der Waals surface area (Å²) in [5.41, 5.74) is 2.54. The van der Waals surface area contributed by atoms with Gasteiger partial charge < -0.3 is 9.40 Å². The van der Waals surface area contributed by atoms with E-state index in [4.69, 9.17) is 4.42 Å². The molecule has 4 rings (SSSR count). The van der Waals surface area contributed by atoms with Crippen LogP contribution in [0.4, 0.5) is 5.69 Å². The summed E-state index contributed by atoms with van der Waals surface area (Å²) in [5.74, 6) is 1.71. The molecule has 9 heteroatoms. The maximum Gasteiger partial charge on any atom is 0.277 e. The van der Waals surface area contributed by atoms with Crippen molar-refractivity contribution in [2.45, 2.75) is 11.0 Å². The van der Waals surface area contributed by atoms with E-state index in [1.807, 2.05) is 24.3 Å². The number of thioether (sulfide) groups is 1. The second-order valence-electron chi connectivity index (χ2n) is 5.17. The zero-order valence-electron chi connectivity index (χ0n) is 12.7. The van der Waals surface area contributed by atoms with Crippen LogP contribution in [0.3, 0.4) is 0 Å². The van der Waals surface area contributed by atoms with E-state index in [0.29, 0.717) is 22.4 Å². The number of para-hydroxylation sites is 2. The largest absolute Gasteiger partial charge is 0.411 e. The number of non-ortho nitro benzene ring substituents is 1. The molecule has 0 aliphatic heterocycles. The number of fused-ring (bicyclic) bond motifs is 1. The van der Waals surface area contributed by atoms with Crippen LogP contribution in [-0.4, -0.2) is 25.1 Å². The lowest BCUT2D eigenvalue weighted by atomic mass is 10.2. The first-order chi connectivity index (χ1) is 12.2. The minimum Gasteiger partial charge on any atom is -0.411 e. The molecule has 2 aromatic carbocycles. The molecule has 0 atom stereocenters. The first kappa shape index (κ1) is 15.3. The molecule has 1 N–H and O–H groups in total. The van der Waals surface area contributed by atoms with Crippen molar-refractivity contribution in [2.24, 2.45) is 0 Å². The summed E-state index contributed by atoms with van der Waals surface area (Å²) in [5, 5.41) is 19.1. The van der Waals surface area contributed by atoms with Crippen molar-refractivity contribution in [2.75, 3.05) is 0 Å². The highest BCUT2D eigenvalue weighted by Gasteiger charge is 2.12. The molecule has 0 aliphatic carbocycles. The Labute approximate surface area is 145 Å². The Bertz CT molecular complexity index is 1010. The third-order valence-corrected chi connectivity index (χ3v) is 4.33. The van der Waals surface area contributed by atoms with Crippen LogP contribution in [-0.2, 0) is 5.75 Å². The molecular formula is C16H11N5O3S. The fourth-order valence-electron chi connectivity index (χ4n) is 2.31. The first-order valence-corrected chi connectivity index (χ1v) is 8.32. The lowest BCUT2D eigenvalue weighted by molar-refractivity contribution is -0.384. The minimum atomic E-state index is -0.452. The summed E-state index contributed by atoms with van der Waals surface area (Å²) in [6, 6.07) is 13.8. The summed E-state index contributed by atoms with van der Waals surface area (Å²) >= 11 is 1.37. The Kier molecular flexibility index (Phi) is 3.90. The van der Waals surface area contributed by atoms with Crippen molar-refractivity contribution in [3.63, 3.8) is 0 Å². The lowest BCUT2D eigenvalue weighted by Crippen LogP contribution is -1.87. The Morgan fingerprint density at radius 1 is 1.12 bits per heavy atom. The van der Waals surface area contributed by atoms with Gasteiger partial charge in [0.05, 0.1) is 21.7 Å². The van der Waals surface area contributed by atoms with Gasteiger partial charge in [-0.05, 0) is 24.3 Å². The molecule has 2 heterocycles. The quantitative estimate of drug-likeness (QED) is 0.330. The van der Waals surface area contributed by atoms with E-state index in [2.05, 4.69) is 20.2 Å². The van der Waals surface area contributed by atoms with Gasteiger partial charge in [-0.1, -0.05) is 23.9 Å². The number of nitrogens with one attached hydrogen (secondary N) is 1. The predicted octanol–water partition coefficient (Wildman–Crippen LogP) is 3.81. The van der Waals surface area contributed by atoms with Gasteiger partial charge in [0.1, 0.15) is 5.82 Å². The monoisotopic (exact) mass is 353 g/mol. The van der Waals surface area contributed by atoms with Gasteiger partial charge in [0, 0.05) is 17.7 Å². The van der Waals surface area contributed by atoms with Gasteiger partial charge in [-0.2, -0.15) is 0 Å². The van der Waals surface area contributed by atoms with Crippen LogP contribution in [0.2, 0.25) is 0 Å². The molecule has 0 unspecified atom stereocenters. The van der Waals surface area contributed by atoms with Gasteiger partial charge in [0.2, 0.25) is 5.89 Å². The highest BCUT2D eigenvalue weighted by Crippen LogP contribution is 2.26. The van der Waals surface area contributed by atoms with Crippen molar-refractivity contribution < 1.29 is 9.34 Å². The molecule has 25 heavy (non-hydrogen) atoms. The maximum absolute atomic E-state index is 10.7. The van der Waals surface area contributed by atoms with Crippen molar-refractivity contribution in [1.82, 2.24) is 20.2 Å². The molecule has 0 saturated heterocycles. The van der Waals surface area contributed by atoms with E-state index in [9.17, 15) is 10.1 Å². The van der Waals surface area contributed by atoms with Crippen LogP contribution < -0.4 is 0 Å². The number of nitro groups is 1. The van der Waals surface area contributed by atoms with Gasteiger partial charge in [0.25, 0.3) is 10.9 Å². The average Bonchev–Trinajstić information content (AvgIpc) is 3.26. The number of rotatable bonds is 5. The molecule has 0 aliphatic rings. The number of aromatic nitrogens is 4. The molecule has 0 saturated carbocycles. The smallest absolute Gasteiger partial charge is 0.277 e. The summed E-state index contributed by atoms with van der Waals surface area (Å²) in [7, 11) is 0. The van der Waals surface area contributed by atoms with Gasteiger partial charge >= 0.3 is 0 Å². The third-order valence-electron chi connectivity index (χ3n) is 3.50. The highest BCUT2D eigenvalue weighted by atomic mass is 32.2. The molecular weight excluding hydrogens is 342 g/mol. The SMILES string of the molecule is O=[N+]([O-])c1ccc(-c2nnc(SCc3nc4ccccc4[nH]3)o2)cc1. The molecule has 124 valence electrons. The van der Waals surface area contributed by atoms with Crippen LogP contribution in [0.15, 0.2) is 58.2 Å². The summed E-state index contributed by atoms with van der Waals surface area (Å²) in [6.45, 7) is 0. The zero-order valence-corrected chi connectivity index (χ0v) is 13.6. The lowest BCUT2D eigenvalue weighted by Gasteiger charge is -1.95. The Morgan fingerprint density at radius 3 is 2.68 bits per heavy atom. The summed E-state index contributed by atoms with van der Waals surface area (Å²) in [6.07, 6.45) is 0. The fraction of sp³-hybridized carbons (Fsp3) is 0.0625. The molecule has 0 bridgehead atoms. The fourth-order valence-corrected chi connectivity index (χ4v) is 2.95. The van der Waals surface area contributed by atoms with E-state index in [-0.39, 0.29) is 5.69 Å². The van der Waals surface area contributed by atoms with E-state index in [0.717, 1.165) is 16.9 Å². The van der Waals surface area contributed by atoms with Crippen LogP contribution in [0.5, 0.6) is 0 Å². The topological polar surface area (TPSA) is 111 Å². The molecule has 0 spiro atoms. The number of H-pyrrole nitrogens is 1. The number of hydrogen-bond acceptors (Lipinski definition) is 7. The highest BCUT2D eigenvalue weighted by molar-refractivity contribution is 7.98.